The Hall–Kier alpha value is -3.80. The van der Waals surface area contributed by atoms with E-state index in [9.17, 15) is 9.59 Å². The van der Waals surface area contributed by atoms with Crippen LogP contribution in [0.1, 0.15) is 44.4 Å². The van der Waals surface area contributed by atoms with Gasteiger partial charge in [0.1, 0.15) is 12.4 Å². The van der Waals surface area contributed by atoms with Gasteiger partial charge in [0, 0.05) is 11.3 Å². The number of amides is 2. The topological polar surface area (TPSA) is 76.7 Å². The zero-order valence-electron chi connectivity index (χ0n) is 19.1. The smallest absolute Gasteiger partial charge is 0.338 e. The maximum absolute atomic E-state index is 13.2. The molecule has 0 aliphatic carbocycles. The van der Waals surface area contributed by atoms with Gasteiger partial charge in [0.2, 0.25) is 0 Å². The lowest BCUT2D eigenvalue weighted by molar-refractivity contribution is -0.143. The van der Waals surface area contributed by atoms with Crippen LogP contribution in [0.4, 0.5) is 4.79 Å². The van der Waals surface area contributed by atoms with Crippen LogP contribution in [0, 0.1) is 0 Å². The van der Waals surface area contributed by atoms with E-state index >= 15 is 0 Å². The van der Waals surface area contributed by atoms with Crippen LogP contribution >= 0.6 is 0 Å². The van der Waals surface area contributed by atoms with E-state index in [1.807, 2.05) is 73.7 Å². The molecular formula is C27H28N2O4. The van der Waals surface area contributed by atoms with Gasteiger partial charge in [0.15, 0.2) is 0 Å². The van der Waals surface area contributed by atoms with Gasteiger partial charge in [-0.25, -0.2) is 9.59 Å². The summed E-state index contributed by atoms with van der Waals surface area (Å²) >= 11 is 0. The monoisotopic (exact) mass is 444 g/mol. The van der Waals surface area contributed by atoms with Gasteiger partial charge >= 0.3 is 12.0 Å². The van der Waals surface area contributed by atoms with Gasteiger partial charge in [0.25, 0.3) is 0 Å². The van der Waals surface area contributed by atoms with Crippen LogP contribution in [0.15, 0.2) is 78.0 Å². The predicted molar refractivity (Wildman–Crippen MR) is 128 cm³/mol. The largest absolute Gasteiger partial charge is 0.489 e. The second-order valence-corrected chi connectivity index (χ2v) is 8.20. The van der Waals surface area contributed by atoms with Crippen molar-refractivity contribution in [2.75, 3.05) is 0 Å². The molecule has 1 aliphatic rings. The quantitative estimate of drug-likeness (QED) is 0.479. The Morgan fingerprint density at radius 2 is 1.73 bits per heavy atom. The van der Waals surface area contributed by atoms with Gasteiger partial charge in [-0.05, 0) is 42.7 Å². The fraction of sp³-hybridized carbons (Fsp3) is 0.259. The van der Waals surface area contributed by atoms with Gasteiger partial charge in [-0.3, -0.25) is 0 Å². The lowest BCUT2D eigenvalue weighted by Crippen LogP contribution is -2.46. The van der Waals surface area contributed by atoms with Crippen molar-refractivity contribution in [3.05, 3.63) is 89.1 Å². The Morgan fingerprint density at radius 3 is 2.45 bits per heavy atom. The number of carbonyl (C=O) groups is 2. The number of fused-ring (bicyclic) bond motifs is 1. The highest BCUT2D eigenvalue weighted by molar-refractivity contribution is 5.98. The molecule has 6 heteroatoms. The van der Waals surface area contributed by atoms with Gasteiger partial charge in [0.05, 0.1) is 17.7 Å². The maximum atomic E-state index is 13.2. The zero-order chi connectivity index (χ0) is 23.4. The number of allylic oxidation sites excluding steroid dienone is 1. The molecule has 1 aliphatic heterocycles. The third-order valence-corrected chi connectivity index (χ3v) is 5.53. The Labute approximate surface area is 193 Å². The Kier molecular flexibility index (Phi) is 6.63. The molecule has 2 N–H and O–H groups in total. The molecule has 3 aromatic rings. The maximum Gasteiger partial charge on any atom is 0.338 e. The number of esters is 1. The highest BCUT2D eigenvalue weighted by Gasteiger charge is 2.36. The highest BCUT2D eigenvalue weighted by Crippen LogP contribution is 2.39. The standard InChI is InChI=1S/C27H28N2O4/c1-4-21-24(26(30)33-17(2)3)25(29-27(31)28-21)23-20-13-9-8-12-19(20)14-15-22(23)32-16-18-10-6-5-7-11-18/h5-15,17,25H,4,16H2,1-3H3,(H2,28,29,31). The summed E-state index contributed by atoms with van der Waals surface area (Å²) in [5.41, 5.74) is 2.71. The van der Waals surface area contributed by atoms with Crippen LogP contribution in [0.25, 0.3) is 10.8 Å². The number of hydrogen-bond acceptors (Lipinski definition) is 4. The molecule has 170 valence electrons. The number of benzene rings is 3. The second-order valence-electron chi connectivity index (χ2n) is 8.20. The molecule has 2 amide bonds. The number of carbonyl (C=O) groups excluding carboxylic acids is 2. The van der Waals surface area contributed by atoms with Crippen molar-refractivity contribution in [3.63, 3.8) is 0 Å². The van der Waals surface area contributed by atoms with Gasteiger partial charge in [-0.15, -0.1) is 0 Å². The van der Waals surface area contributed by atoms with Crippen molar-refractivity contribution in [2.24, 2.45) is 0 Å². The Morgan fingerprint density at radius 1 is 1.00 bits per heavy atom. The minimum Gasteiger partial charge on any atom is -0.489 e. The van der Waals surface area contributed by atoms with Gasteiger partial charge in [-0.1, -0.05) is 67.6 Å². The molecule has 0 fully saturated rings. The second kappa shape index (κ2) is 9.77. The third-order valence-electron chi connectivity index (χ3n) is 5.53. The van der Waals surface area contributed by atoms with E-state index in [-0.39, 0.29) is 12.1 Å². The summed E-state index contributed by atoms with van der Waals surface area (Å²) in [6.07, 6.45) is 0.194. The average molecular weight is 445 g/mol. The van der Waals surface area contributed by atoms with Crippen molar-refractivity contribution in [1.29, 1.82) is 0 Å². The molecule has 0 aromatic heterocycles. The molecule has 4 rings (SSSR count). The minimum absolute atomic E-state index is 0.289. The Bertz CT molecular complexity index is 1200. The lowest BCUT2D eigenvalue weighted by atomic mass is 9.90. The van der Waals surface area contributed by atoms with E-state index in [0.29, 0.717) is 30.0 Å². The van der Waals surface area contributed by atoms with E-state index in [4.69, 9.17) is 9.47 Å². The summed E-state index contributed by atoms with van der Waals surface area (Å²) in [4.78, 5) is 25.8. The number of nitrogens with one attached hydrogen (secondary N) is 2. The molecule has 0 spiro atoms. The minimum atomic E-state index is -0.711. The highest BCUT2D eigenvalue weighted by atomic mass is 16.5. The van der Waals surface area contributed by atoms with E-state index < -0.39 is 12.0 Å². The fourth-order valence-corrected chi connectivity index (χ4v) is 4.07. The summed E-state index contributed by atoms with van der Waals surface area (Å²) in [6.45, 7) is 5.87. The summed E-state index contributed by atoms with van der Waals surface area (Å²) in [5.74, 6) is 0.149. The third kappa shape index (κ3) is 4.85. The average Bonchev–Trinajstić information content (AvgIpc) is 2.81. The van der Waals surface area contributed by atoms with Crippen molar-refractivity contribution in [3.8, 4) is 5.75 Å². The fourth-order valence-electron chi connectivity index (χ4n) is 4.07. The van der Waals surface area contributed by atoms with Gasteiger partial charge in [-0.2, -0.15) is 0 Å². The normalized spacial score (nSPS) is 15.9. The van der Waals surface area contributed by atoms with Crippen LogP contribution in [0.3, 0.4) is 0 Å². The number of urea groups is 1. The van der Waals surface area contributed by atoms with Crippen molar-refractivity contribution < 1.29 is 19.1 Å². The number of ether oxygens (including phenoxy) is 2. The van der Waals surface area contributed by atoms with Crippen LogP contribution in [0.5, 0.6) is 5.75 Å². The molecule has 1 atom stereocenters. The van der Waals surface area contributed by atoms with Gasteiger partial charge < -0.3 is 20.1 Å². The summed E-state index contributed by atoms with van der Waals surface area (Å²) in [5, 5.41) is 7.62. The molecular weight excluding hydrogens is 416 g/mol. The molecule has 3 aromatic carbocycles. The van der Waals surface area contributed by atoms with Crippen LogP contribution in [-0.2, 0) is 16.1 Å². The van der Waals surface area contributed by atoms with Crippen LogP contribution < -0.4 is 15.4 Å². The predicted octanol–water partition coefficient (Wildman–Crippen LogP) is 5.39. The first-order valence-electron chi connectivity index (χ1n) is 11.2. The number of rotatable bonds is 7. The lowest BCUT2D eigenvalue weighted by Gasteiger charge is -2.31. The number of hydrogen-bond donors (Lipinski definition) is 2. The van der Waals surface area contributed by atoms with Crippen LogP contribution in [-0.4, -0.2) is 18.1 Å². The zero-order valence-corrected chi connectivity index (χ0v) is 19.1. The molecule has 0 saturated carbocycles. The molecule has 0 saturated heterocycles. The van der Waals surface area contributed by atoms with Crippen molar-refractivity contribution >= 4 is 22.8 Å². The van der Waals surface area contributed by atoms with Crippen molar-refractivity contribution in [1.82, 2.24) is 10.6 Å². The Balaban J connectivity index is 1.86. The molecule has 1 unspecified atom stereocenters. The first-order valence-corrected chi connectivity index (χ1v) is 11.2. The first-order chi connectivity index (χ1) is 16.0. The van der Waals surface area contributed by atoms with Crippen molar-refractivity contribution in [2.45, 2.75) is 45.9 Å². The molecule has 33 heavy (non-hydrogen) atoms. The van der Waals surface area contributed by atoms with E-state index in [1.54, 1.807) is 13.8 Å². The SMILES string of the molecule is CCC1=C(C(=O)OC(C)C)C(c2c(OCc3ccccc3)ccc3ccccc23)NC(=O)N1. The molecule has 0 radical (unpaired) electrons. The summed E-state index contributed by atoms with van der Waals surface area (Å²) in [7, 11) is 0. The molecule has 6 nitrogen and oxygen atoms in total. The molecule has 1 heterocycles. The summed E-state index contributed by atoms with van der Waals surface area (Å²) in [6, 6.07) is 20.5. The van der Waals surface area contributed by atoms with E-state index in [0.717, 1.165) is 21.9 Å². The van der Waals surface area contributed by atoms with Crippen LogP contribution in [0.2, 0.25) is 0 Å². The summed E-state index contributed by atoms with van der Waals surface area (Å²) < 4.78 is 11.8. The first kappa shape index (κ1) is 22.4. The molecule has 0 bridgehead atoms. The van der Waals surface area contributed by atoms with E-state index in [1.165, 1.54) is 0 Å². The van der Waals surface area contributed by atoms with E-state index in [2.05, 4.69) is 10.6 Å².